The highest BCUT2D eigenvalue weighted by molar-refractivity contribution is 6.74. The normalized spacial score (nSPS) is 13.5. The Bertz CT molecular complexity index is 857. The van der Waals surface area contributed by atoms with Crippen molar-refractivity contribution >= 4 is 8.32 Å². The number of methoxy groups -OCH3 is 1. The fraction of sp³-hybridized carbons (Fsp3) is 0.520. The minimum absolute atomic E-state index is 0.0164. The predicted octanol–water partition coefficient (Wildman–Crippen LogP) is 6.54. The molecule has 1 unspecified atom stereocenters. The van der Waals surface area contributed by atoms with Crippen LogP contribution in [0.5, 0.6) is 5.75 Å². The Morgan fingerprint density at radius 3 is 2.16 bits per heavy atom. The first-order valence-corrected chi connectivity index (χ1v) is 13.6. The molecule has 6 heteroatoms. The van der Waals surface area contributed by atoms with Crippen molar-refractivity contribution in [1.29, 1.82) is 0 Å². The molecule has 1 atom stereocenters. The van der Waals surface area contributed by atoms with Gasteiger partial charge in [0.2, 0.25) is 0 Å². The molecule has 0 heterocycles. The lowest BCUT2D eigenvalue weighted by Crippen LogP contribution is -2.40. The van der Waals surface area contributed by atoms with E-state index in [1.807, 2.05) is 38.1 Å². The standard InChI is InChI=1S/C25H37FO4Si/c1-17(2)20-13-14-21(29-16-28-6)22(23(20)26)24(27)19-11-9-18(10-12-19)15-30-31(7,8)25(3,4)5/h9-14,17,24,27H,15-16H2,1-8H3. The fourth-order valence-electron chi connectivity index (χ4n) is 2.98. The van der Waals surface area contributed by atoms with Gasteiger partial charge in [-0.2, -0.15) is 0 Å². The quantitative estimate of drug-likeness (QED) is 0.350. The van der Waals surface area contributed by atoms with Gasteiger partial charge in [-0.15, -0.1) is 0 Å². The minimum Gasteiger partial charge on any atom is -0.467 e. The Kier molecular flexibility index (Phi) is 8.45. The molecule has 0 radical (unpaired) electrons. The average Bonchev–Trinajstić information content (AvgIpc) is 2.69. The molecule has 0 aromatic heterocycles. The third-order valence-corrected chi connectivity index (χ3v) is 10.6. The van der Waals surface area contributed by atoms with Gasteiger partial charge in [0.15, 0.2) is 15.1 Å². The molecule has 0 aliphatic rings. The Morgan fingerprint density at radius 2 is 1.65 bits per heavy atom. The molecule has 0 amide bonds. The summed E-state index contributed by atoms with van der Waals surface area (Å²) in [6, 6.07) is 10.9. The van der Waals surface area contributed by atoms with Crippen LogP contribution in [-0.4, -0.2) is 27.3 Å². The molecule has 0 aliphatic heterocycles. The van der Waals surface area contributed by atoms with Crippen LogP contribution in [0.3, 0.4) is 0 Å². The molecule has 0 saturated heterocycles. The molecule has 4 nitrogen and oxygen atoms in total. The summed E-state index contributed by atoms with van der Waals surface area (Å²) < 4.78 is 32.1. The number of hydrogen-bond donors (Lipinski definition) is 1. The van der Waals surface area contributed by atoms with Gasteiger partial charge in [0.05, 0.1) is 12.2 Å². The van der Waals surface area contributed by atoms with Gasteiger partial charge in [0.25, 0.3) is 0 Å². The summed E-state index contributed by atoms with van der Waals surface area (Å²) in [7, 11) is -0.348. The smallest absolute Gasteiger partial charge is 0.192 e. The molecule has 0 saturated carbocycles. The lowest BCUT2D eigenvalue weighted by Gasteiger charge is -2.36. The largest absolute Gasteiger partial charge is 0.467 e. The molecule has 2 rings (SSSR count). The predicted molar refractivity (Wildman–Crippen MR) is 125 cm³/mol. The zero-order chi connectivity index (χ0) is 23.4. The Labute approximate surface area is 187 Å². The molecule has 2 aromatic carbocycles. The van der Waals surface area contributed by atoms with Crippen molar-refractivity contribution in [2.24, 2.45) is 0 Å². The first-order valence-electron chi connectivity index (χ1n) is 10.7. The van der Waals surface area contributed by atoms with Crippen LogP contribution < -0.4 is 4.74 Å². The number of rotatable bonds is 9. The van der Waals surface area contributed by atoms with Gasteiger partial charge in [-0.25, -0.2) is 4.39 Å². The number of aliphatic hydroxyl groups is 1. The summed E-state index contributed by atoms with van der Waals surface area (Å²) in [6.07, 6.45) is -1.15. The van der Waals surface area contributed by atoms with E-state index in [4.69, 9.17) is 13.9 Å². The SMILES string of the molecule is COCOc1ccc(C(C)C)c(F)c1C(O)c1ccc(CO[Si](C)(C)C(C)(C)C)cc1. The van der Waals surface area contributed by atoms with Crippen molar-refractivity contribution in [2.75, 3.05) is 13.9 Å². The molecule has 0 aliphatic carbocycles. The van der Waals surface area contributed by atoms with Gasteiger partial charge in [-0.05, 0) is 46.8 Å². The molecule has 1 N–H and O–H groups in total. The minimum atomic E-state index is -1.85. The maximum absolute atomic E-state index is 15.3. The fourth-order valence-corrected chi connectivity index (χ4v) is 3.94. The van der Waals surface area contributed by atoms with Crippen molar-refractivity contribution in [3.63, 3.8) is 0 Å². The second-order valence-electron chi connectivity index (χ2n) is 9.78. The van der Waals surface area contributed by atoms with Gasteiger partial charge in [0.1, 0.15) is 17.7 Å². The molecule has 2 aromatic rings. The van der Waals surface area contributed by atoms with E-state index in [0.717, 1.165) is 5.56 Å². The van der Waals surface area contributed by atoms with Crippen LogP contribution in [0.2, 0.25) is 18.1 Å². The summed E-state index contributed by atoms with van der Waals surface area (Å²) in [5.41, 5.74) is 2.29. The van der Waals surface area contributed by atoms with Crippen LogP contribution in [-0.2, 0) is 15.8 Å². The van der Waals surface area contributed by atoms with E-state index in [2.05, 4.69) is 33.9 Å². The summed E-state index contributed by atoms with van der Waals surface area (Å²) in [4.78, 5) is 0. The van der Waals surface area contributed by atoms with Crippen LogP contribution in [0.4, 0.5) is 4.39 Å². The number of hydrogen-bond acceptors (Lipinski definition) is 4. The van der Waals surface area contributed by atoms with Gasteiger partial charge in [-0.1, -0.05) is 65.0 Å². The lowest BCUT2D eigenvalue weighted by molar-refractivity contribution is 0.0483. The average molecular weight is 449 g/mol. The third kappa shape index (κ3) is 6.16. The van der Waals surface area contributed by atoms with E-state index in [1.54, 1.807) is 12.1 Å². The van der Waals surface area contributed by atoms with Crippen molar-refractivity contribution in [2.45, 2.75) is 71.4 Å². The van der Waals surface area contributed by atoms with Crippen molar-refractivity contribution in [3.05, 3.63) is 64.5 Å². The first kappa shape index (κ1) is 25.5. The molecule has 0 spiro atoms. The summed E-state index contributed by atoms with van der Waals surface area (Å²) >= 11 is 0. The van der Waals surface area contributed by atoms with Crippen molar-refractivity contribution < 1.29 is 23.4 Å². The van der Waals surface area contributed by atoms with Crippen LogP contribution in [0.25, 0.3) is 0 Å². The topological polar surface area (TPSA) is 47.9 Å². The highest BCUT2D eigenvalue weighted by Crippen LogP contribution is 2.38. The monoisotopic (exact) mass is 448 g/mol. The van der Waals surface area contributed by atoms with Gasteiger partial charge in [-0.3, -0.25) is 0 Å². The number of aliphatic hydroxyl groups excluding tert-OH is 1. The Morgan fingerprint density at radius 1 is 1.03 bits per heavy atom. The number of benzene rings is 2. The molecule has 172 valence electrons. The molecular formula is C25H37FO4Si. The van der Waals surface area contributed by atoms with Crippen LogP contribution in [0, 0.1) is 5.82 Å². The van der Waals surface area contributed by atoms with Gasteiger partial charge >= 0.3 is 0 Å². The van der Waals surface area contributed by atoms with E-state index in [1.165, 1.54) is 7.11 Å². The summed E-state index contributed by atoms with van der Waals surface area (Å²) in [5, 5.41) is 11.2. The highest BCUT2D eigenvalue weighted by atomic mass is 28.4. The number of halogens is 1. The van der Waals surface area contributed by atoms with Gasteiger partial charge < -0.3 is 19.0 Å². The third-order valence-electron chi connectivity index (χ3n) is 6.10. The van der Waals surface area contributed by atoms with E-state index >= 15 is 4.39 Å². The Balaban J connectivity index is 2.28. The second-order valence-corrected chi connectivity index (χ2v) is 14.6. The zero-order valence-electron chi connectivity index (χ0n) is 20.1. The lowest BCUT2D eigenvalue weighted by atomic mass is 9.93. The Hall–Kier alpha value is -1.73. The van der Waals surface area contributed by atoms with E-state index < -0.39 is 20.2 Å². The number of ether oxygens (including phenoxy) is 2. The molecule has 0 fully saturated rings. The molecule has 0 bridgehead atoms. The molecule has 31 heavy (non-hydrogen) atoms. The van der Waals surface area contributed by atoms with Crippen molar-refractivity contribution in [1.82, 2.24) is 0 Å². The second kappa shape index (κ2) is 10.3. The zero-order valence-corrected chi connectivity index (χ0v) is 21.1. The van der Waals surface area contributed by atoms with Crippen LogP contribution >= 0.6 is 0 Å². The van der Waals surface area contributed by atoms with E-state index in [0.29, 0.717) is 17.7 Å². The van der Waals surface area contributed by atoms with Gasteiger partial charge in [0, 0.05) is 7.11 Å². The summed E-state index contributed by atoms with van der Waals surface area (Å²) in [5.74, 6) is -0.180. The molecular weight excluding hydrogens is 411 g/mol. The van der Waals surface area contributed by atoms with E-state index in [9.17, 15) is 5.11 Å². The van der Waals surface area contributed by atoms with Crippen LogP contribution in [0.15, 0.2) is 36.4 Å². The first-order chi connectivity index (χ1) is 14.4. The van der Waals surface area contributed by atoms with Crippen LogP contribution in [0.1, 0.15) is 68.9 Å². The maximum Gasteiger partial charge on any atom is 0.192 e. The highest BCUT2D eigenvalue weighted by Gasteiger charge is 2.37. The summed E-state index contributed by atoms with van der Waals surface area (Å²) in [6.45, 7) is 15.4. The van der Waals surface area contributed by atoms with Crippen molar-refractivity contribution in [3.8, 4) is 5.75 Å². The maximum atomic E-state index is 15.3. The van der Waals surface area contributed by atoms with E-state index in [-0.39, 0.29) is 29.1 Å².